The average Bonchev–Trinajstić information content (AvgIpc) is 3.30. The van der Waals surface area contributed by atoms with Crippen LogP contribution in [-0.4, -0.2) is 17.8 Å². The Labute approximate surface area is 150 Å². The van der Waals surface area contributed by atoms with Gasteiger partial charge in [-0.25, -0.2) is 0 Å². The minimum atomic E-state index is 0.351. The number of fused-ring (bicyclic) bond motifs is 1. The fourth-order valence-corrected chi connectivity index (χ4v) is 4.36. The van der Waals surface area contributed by atoms with Crippen LogP contribution in [0, 0.1) is 0 Å². The molecule has 2 aromatic rings. The number of hydrogen-bond donors (Lipinski definition) is 0. The molecule has 1 fully saturated rings. The molecule has 0 bridgehead atoms. The predicted molar refractivity (Wildman–Crippen MR) is 101 cm³/mol. The first-order chi connectivity index (χ1) is 12.3. The van der Waals surface area contributed by atoms with Gasteiger partial charge in [-0.05, 0) is 80.2 Å². The monoisotopic (exact) mass is 337 g/mol. The lowest BCUT2D eigenvalue weighted by Gasteiger charge is -2.25. The number of methoxy groups -OCH3 is 1. The summed E-state index contributed by atoms with van der Waals surface area (Å²) < 4.78 is 14.0. The van der Waals surface area contributed by atoms with Gasteiger partial charge in [-0.15, -0.1) is 0 Å². The number of hydrogen-bond acceptors (Lipinski definition) is 2. The fraction of sp³-hybridized carbons (Fsp3) is 0.455. The maximum Gasteiger partial charge on any atom is 0.161 e. The standard InChI is InChI=1S/C22H27NO2/c1-3-23-13-12-18-14-16(8-10-20(18)23)17-9-11-21(24-2)22(15-17)25-19-6-4-5-7-19/h3,9,11-13,15-16,19H,1,4-8,10,14H2,2H3. The SMILES string of the molecule is C=Cn1ccc2c1CCC(c1ccc(OC)c(OC3CCCC3)c1)C2. The smallest absolute Gasteiger partial charge is 0.161 e. The molecule has 2 aliphatic carbocycles. The maximum atomic E-state index is 6.28. The average molecular weight is 337 g/mol. The summed E-state index contributed by atoms with van der Waals surface area (Å²) in [5, 5.41) is 0. The third-order valence-corrected chi connectivity index (χ3v) is 5.77. The molecule has 1 heterocycles. The van der Waals surface area contributed by atoms with E-state index in [0.717, 1.165) is 37.2 Å². The van der Waals surface area contributed by atoms with Gasteiger partial charge in [0.2, 0.25) is 0 Å². The first-order valence-electron chi connectivity index (χ1n) is 9.44. The van der Waals surface area contributed by atoms with E-state index in [1.54, 1.807) is 7.11 Å². The van der Waals surface area contributed by atoms with Crippen LogP contribution in [0.5, 0.6) is 11.5 Å². The van der Waals surface area contributed by atoms with Crippen molar-refractivity contribution in [2.24, 2.45) is 0 Å². The van der Waals surface area contributed by atoms with Crippen molar-refractivity contribution in [3.05, 3.63) is 53.9 Å². The summed E-state index contributed by atoms with van der Waals surface area (Å²) in [6.45, 7) is 3.90. The number of rotatable bonds is 5. The Balaban J connectivity index is 1.56. The molecule has 0 aliphatic heterocycles. The minimum Gasteiger partial charge on any atom is -0.493 e. The summed E-state index contributed by atoms with van der Waals surface area (Å²) in [5.41, 5.74) is 4.23. The zero-order valence-corrected chi connectivity index (χ0v) is 15.0. The quantitative estimate of drug-likeness (QED) is 0.749. The van der Waals surface area contributed by atoms with E-state index in [2.05, 4.69) is 41.6 Å². The zero-order chi connectivity index (χ0) is 17.2. The van der Waals surface area contributed by atoms with Crippen LogP contribution in [0.4, 0.5) is 0 Å². The lowest BCUT2D eigenvalue weighted by atomic mass is 9.83. The number of benzene rings is 1. The summed E-state index contributed by atoms with van der Waals surface area (Å²) in [6.07, 6.45) is 12.6. The van der Waals surface area contributed by atoms with Crippen molar-refractivity contribution in [1.82, 2.24) is 4.57 Å². The van der Waals surface area contributed by atoms with E-state index in [1.807, 2.05) is 6.20 Å². The van der Waals surface area contributed by atoms with Crippen molar-refractivity contribution in [2.45, 2.75) is 57.0 Å². The highest BCUT2D eigenvalue weighted by Gasteiger charge is 2.24. The van der Waals surface area contributed by atoms with Gasteiger partial charge < -0.3 is 14.0 Å². The van der Waals surface area contributed by atoms with E-state index >= 15 is 0 Å². The Hall–Kier alpha value is -2.16. The Morgan fingerprint density at radius 3 is 2.72 bits per heavy atom. The molecule has 0 saturated heterocycles. The summed E-state index contributed by atoms with van der Waals surface area (Å²) in [6, 6.07) is 8.74. The van der Waals surface area contributed by atoms with Gasteiger partial charge in [-0.2, -0.15) is 0 Å². The molecule has 4 rings (SSSR count). The first kappa shape index (κ1) is 16.3. The highest BCUT2D eigenvalue weighted by Crippen LogP contribution is 2.38. The molecule has 1 aromatic carbocycles. The molecule has 0 radical (unpaired) electrons. The van der Waals surface area contributed by atoms with E-state index in [0.29, 0.717) is 12.0 Å². The molecule has 132 valence electrons. The summed E-state index contributed by atoms with van der Waals surface area (Å²) in [5.74, 6) is 2.32. The molecule has 0 N–H and O–H groups in total. The van der Waals surface area contributed by atoms with Gasteiger partial charge in [-0.1, -0.05) is 12.6 Å². The molecule has 0 amide bonds. The van der Waals surface area contributed by atoms with Gasteiger partial charge in [0.1, 0.15) is 0 Å². The van der Waals surface area contributed by atoms with E-state index in [9.17, 15) is 0 Å². The van der Waals surface area contributed by atoms with Gasteiger partial charge in [-0.3, -0.25) is 0 Å². The lowest BCUT2D eigenvalue weighted by molar-refractivity contribution is 0.200. The van der Waals surface area contributed by atoms with Crippen molar-refractivity contribution >= 4 is 6.20 Å². The van der Waals surface area contributed by atoms with Crippen molar-refractivity contribution < 1.29 is 9.47 Å². The van der Waals surface area contributed by atoms with Gasteiger partial charge in [0.25, 0.3) is 0 Å². The van der Waals surface area contributed by atoms with Gasteiger partial charge in [0, 0.05) is 18.1 Å². The van der Waals surface area contributed by atoms with Crippen molar-refractivity contribution in [1.29, 1.82) is 0 Å². The molecule has 1 atom stereocenters. The Bertz CT molecular complexity index is 755. The van der Waals surface area contributed by atoms with Crippen LogP contribution in [0.3, 0.4) is 0 Å². The topological polar surface area (TPSA) is 23.4 Å². The van der Waals surface area contributed by atoms with Crippen LogP contribution < -0.4 is 9.47 Å². The number of nitrogens with zero attached hydrogens (tertiary/aromatic N) is 1. The number of ether oxygens (including phenoxy) is 2. The van der Waals surface area contributed by atoms with Crippen LogP contribution in [-0.2, 0) is 12.8 Å². The zero-order valence-electron chi connectivity index (χ0n) is 15.0. The highest BCUT2D eigenvalue weighted by molar-refractivity contribution is 5.45. The fourth-order valence-electron chi connectivity index (χ4n) is 4.36. The molecule has 1 saturated carbocycles. The van der Waals surface area contributed by atoms with E-state index in [1.165, 1.54) is 36.1 Å². The molecule has 0 spiro atoms. The summed E-state index contributed by atoms with van der Waals surface area (Å²) in [4.78, 5) is 0. The molecule has 1 aromatic heterocycles. The molecule has 1 unspecified atom stereocenters. The van der Waals surface area contributed by atoms with Crippen molar-refractivity contribution in [3.63, 3.8) is 0 Å². The second kappa shape index (κ2) is 6.99. The second-order valence-corrected chi connectivity index (χ2v) is 7.25. The van der Waals surface area contributed by atoms with Crippen molar-refractivity contribution in [3.8, 4) is 11.5 Å². The molecule has 25 heavy (non-hydrogen) atoms. The third kappa shape index (κ3) is 3.20. The minimum absolute atomic E-state index is 0.351. The van der Waals surface area contributed by atoms with E-state index in [4.69, 9.17) is 9.47 Å². The summed E-state index contributed by atoms with van der Waals surface area (Å²) in [7, 11) is 1.72. The molecule has 2 aliphatic rings. The lowest BCUT2D eigenvalue weighted by Crippen LogP contribution is -2.15. The highest BCUT2D eigenvalue weighted by atomic mass is 16.5. The van der Waals surface area contributed by atoms with Gasteiger partial charge in [0.15, 0.2) is 11.5 Å². The van der Waals surface area contributed by atoms with Crippen LogP contribution >= 0.6 is 0 Å². The van der Waals surface area contributed by atoms with E-state index < -0.39 is 0 Å². The molecular formula is C22H27NO2. The molecule has 3 heteroatoms. The Kier molecular flexibility index (Phi) is 4.56. The maximum absolute atomic E-state index is 6.28. The number of aromatic nitrogens is 1. The van der Waals surface area contributed by atoms with Crippen LogP contribution in [0.2, 0.25) is 0 Å². The van der Waals surface area contributed by atoms with Crippen molar-refractivity contribution in [2.75, 3.05) is 7.11 Å². The largest absolute Gasteiger partial charge is 0.493 e. The molecular weight excluding hydrogens is 310 g/mol. The van der Waals surface area contributed by atoms with Gasteiger partial charge in [0.05, 0.1) is 13.2 Å². The first-order valence-corrected chi connectivity index (χ1v) is 9.44. The molecule has 3 nitrogen and oxygen atoms in total. The van der Waals surface area contributed by atoms with Gasteiger partial charge >= 0.3 is 0 Å². The predicted octanol–water partition coefficient (Wildman–Crippen LogP) is 5.19. The van der Waals surface area contributed by atoms with E-state index in [-0.39, 0.29) is 0 Å². The van der Waals surface area contributed by atoms with Crippen LogP contribution in [0.1, 0.15) is 54.8 Å². The summed E-state index contributed by atoms with van der Waals surface area (Å²) >= 11 is 0. The second-order valence-electron chi connectivity index (χ2n) is 7.25. The third-order valence-electron chi connectivity index (χ3n) is 5.77. The Morgan fingerprint density at radius 1 is 1.12 bits per heavy atom. The van der Waals surface area contributed by atoms with Crippen LogP contribution in [0.25, 0.3) is 6.20 Å². The Morgan fingerprint density at radius 2 is 1.96 bits per heavy atom. The van der Waals surface area contributed by atoms with Crippen LogP contribution in [0.15, 0.2) is 37.0 Å². The normalized spacial score (nSPS) is 20.3.